The van der Waals surface area contributed by atoms with E-state index in [4.69, 9.17) is 0 Å². The minimum atomic E-state index is -3.51. The fourth-order valence-electron chi connectivity index (χ4n) is 3.24. The molecular weight excluding hydrogens is 352 g/mol. The van der Waals surface area contributed by atoms with E-state index in [0.29, 0.717) is 9.79 Å². The second-order valence-electron chi connectivity index (χ2n) is 6.64. The van der Waals surface area contributed by atoms with Gasteiger partial charge in [-0.05, 0) is 59.0 Å². The lowest BCUT2D eigenvalue weighted by Crippen LogP contribution is -2.02. The van der Waals surface area contributed by atoms with Gasteiger partial charge in [-0.1, -0.05) is 72.8 Å². The van der Waals surface area contributed by atoms with Crippen LogP contribution in [-0.2, 0) is 22.7 Å². The molecule has 3 heteroatoms. The van der Waals surface area contributed by atoms with E-state index in [1.54, 1.807) is 24.3 Å². The Bertz CT molecular complexity index is 1160. The van der Waals surface area contributed by atoms with E-state index in [-0.39, 0.29) is 0 Å². The van der Waals surface area contributed by atoms with E-state index in [9.17, 15) is 8.42 Å². The van der Waals surface area contributed by atoms with Crippen LogP contribution in [0, 0.1) is 0 Å². The molecule has 0 aromatic heterocycles. The Balaban J connectivity index is 1.56. The SMILES string of the molecule is O=S(=O)(c1ccc(CCc2ccccc2)cc1)c1ccc2ccccc2c1. The van der Waals surface area contributed by atoms with Crippen molar-refractivity contribution in [2.24, 2.45) is 0 Å². The first-order valence-electron chi connectivity index (χ1n) is 9.00. The molecule has 2 nitrogen and oxygen atoms in total. The number of benzene rings is 4. The number of hydrogen-bond acceptors (Lipinski definition) is 2. The highest BCUT2D eigenvalue weighted by Crippen LogP contribution is 2.25. The molecule has 0 heterocycles. The largest absolute Gasteiger partial charge is 0.219 e. The maximum atomic E-state index is 13.0. The van der Waals surface area contributed by atoms with Crippen LogP contribution in [0.5, 0.6) is 0 Å². The molecule has 0 N–H and O–H groups in total. The lowest BCUT2D eigenvalue weighted by Gasteiger charge is -2.08. The van der Waals surface area contributed by atoms with Crippen molar-refractivity contribution in [3.8, 4) is 0 Å². The van der Waals surface area contributed by atoms with E-state index < -0.39 is 9.84 Å². The Morgan fingerprint density at radius 3 is 1.78 bits per heavy atom. The van der Waals surface area contributed by atoms with Gasteiger partial charge in [0.1, 0.15) is 0 Å². The summed E-state index contributed by atoms with van der Waals surface area (Å²) in [6, 6.07) is 30.6. The molecule has 0 saturated carbocycles. The van der Waals surface area contributed by atoms with Gasteiger partial charge >= 0.3 is 0 Å². The first-order chi connectivity index (χ1) is 13.1. The summed E-state index contributed by atoms with van der Waals surface area (Å²) in [6.07, 6.45) is 1.83. The third-order valence-corrected chi connectivity index (χ3v) is 6.58. The van der Waals surface area contributed by atoms with Crippen molar-refractivity contribution >= 4 is 20.6 Å². The average Bonchev–Trinajstić information content (AvgIpc) is 2.73. The highest BCUT2D eigenvalue weighted by molar-refractivity contribution is 7.91. The Morgan fingerprint density at radius 1 is 0.519 bits per heavy atom. The maximum absolute atomic E-state index is 13.0. The van der Waals surface area contributed by atoms with Crippen LogP contribution in [0.4, 0.5) is 0 Å². The second kappa shape index (κ2) is 7.37. The van der Waals surface area contributed by atoms with Gasteiger partial charge in [0.15, 0.2) is 0 Å². The van der Waals surface area contributed by atoms with Crippen LogP contribution in [-0.4, -0.2) is 8.42 Å². The predicted molar refractivity (Wildman–Crippen MR) is 110 cm³/mol. The van der Waals surface area contributed by atoms with E-state index in [2.05, 4.69) is 12.1 Å². The fraction of sp³-hybridized carbons (Fsp3) is 0.0833. The molecule has 0 bridgehead atoms. The van der Waals surface area contributed by atoms with Gasteiger partial charge in [-0.25, -0.2) is 8.42 Å². The van der Waals surface area contributed by atoms with Crippen LogP contribution in [0.15, 0.2) is 107 Å². The molecule has 0 atom stereocenters. The topological polar surface area (TPSA) is 34.1 Å². The number of hydrogen-bond donors (Lipinski definition) is 0. The minimum absolute atomic E-state index is 0.332. The summed E-state index contributed by atoms with van der Waals surface area (Å²) >= 11 is 0. The normalized spacial score (nSPS) is 11.6. The van der Waals surface area contributed by atoms with Crippen molar-refractivity contribution in [2.75, 3.05) is 0 Å². The van der Waals surface area contributed by atoms with Gasteiger partial charge in [-0.2, -0.15) is 0 Å². The highest BCUT2D eigenvalue weighted by Gasteiger charge is 2.17. The van der Waals surface area contributed by atoms with E-state index in [0.717, 1.165) is 29.2 Å². The molecule has 0 amide bonds. The van der Waals surface area contributed by atoms with Crippen LogP contribution < -0.4 is 0 Å². The zero-order valence-corrected chi connectivity index (χ0v) is 15.7. The van der Waals surface area contributed by atoms with Gasteiger partial charge in [-0.15, -0.1) is 0 Å². The van der Waals surface area contributed by atoms with Crippen LogP contribution in [0.1, 0.15) is 11.1 Å². The van der Waals surface area contributed by atoms with Crippen molar-refractivity contribution < 1.29 is 8.42 Å². The molecule has 27 heavy (non-hydrogen) atoms. The van der Waals surface area contributed by atoms with E-state index in [1.165, 1.54) is 5.56 Å². The van der Waals surface area contributed by atoms with Gasteiger partial charge in [0, 0.05) is 0 Å². The highest BCUT2D eigenvalue weighted by atomic mass is 32.2. The molecule has 0 unspecified atom stereocenters. The van der Waals surface area contributed by atoms with Crippen molar-refractivity contribution in [2.45, 2.75) is 22.6 Å². The fourth-order valence-corrected chi connectivity index (χ4v) is 4.54. The third-order valence-electron chi connectivity index (χ3n) is 4.81. The molecule has 134 valence electrons. The molecule has 0 aliphatic rings. The monoisotopic (exact) mass is 372 g/mol. The summed E-state index contributed by atoms with van der Waals surface area (Å²) in [5, 5.41) is 1.96. The van der Waals surface area contributed by atoms with E-state index in [1.807, 2.05) is 60.7 Å². The zero-order valence-electron chi connectivity index (χ0n) is 14.9. The first-order valence-corrected chi connectivity index (χ1v) is 10.5. The van der Waals surface area contributed by atoms with Gasteiger partial charge in [0.05, 0.1) is 9.79 Å². The predicted octanol–water partition coefficient (Wildman–Crippen LogP) is 5.46. The lowest BCUT2D eigenvalue weighted by molar-refractivity contribution is 0.596. The number of fused-ring (bicyclic) bond motifs is 1. The van der Waals surface area contributed by atoms with Crippen molar-refractivity contribution in [1.82, 2.24) is 0 Å². The average molecular weight is 372 g/mol. The lowest BCUT2D eigenvalue weighted by atomic mass is 10.0. The minimum Gasteiger partial charge on any atom is -0.219 e. The zero-order chi connectivity index (χ0) is 18.7. The van der Waals surface area contributed by atoms with Crippen molar-refractivity contribution in [3.05, 3.63) is 108 Å². The number of sulfone groups is 1. The summed E-state index contributed by atoms with van der Waals surface area (Å²) in [7, 11) is -3.51. The van der Waals surface area contributed by atoms with Crippen LogP contribution in [0.2, 0.25) is 0 Å². The number of aryl methyl sites for hydroxylation is 2. The van der Waals surface area contributed by atoms with Crippen molar-refractivity contribution in [3.63, 3.8) is 0 Å². The summed E-state index contributed by atoms with van der Waals surface area (Å²) in [5.74, 6) is 0. The molecule has 4 rings (SSSR count). The Morgan fingerprint density at radius 2 is 1.07 bits per heavy atom. The Labute approximate surface area is 160 Å². The molecule has 0 radical (unpaired) electrons. The molecule has 0 fully saturated rings. The van der Waals surface area contributed by atoms with Gasteiger partial charge in [-0.3, -0.25) is 0 Å². The molecule has 0 aliphatic carbocycles. The molecule has 4 aromatic carbocycles. The maximum Gasteiger partial charge on any atom is 0.206 e. The number of rotatable bonds is 5. The Kier molecular flexibility index (Phi) is 4.78. The smallest absolute Gasteiger partial charge is 0.206 e. The Hall–Kier alpha value is -2.91. The second-order valence-corrected chi connectivity index (χ2v) is 8.59. The van der Waals surface area contributed by atoms with E-state index >= 15 is 0 Å². The summed E-state index contributed by atoms with van der Waals surface area (Å²) in [4.78, 5) is 0.666. The van der Waals surface area contributed by atoms with Crippen LogP contribution in [0.25, 0.3) is 10.8 Å². The van der Waals surface area contributed by atoms with Gasteiger partial charge in [0.2, 0.25) is 9.84 Å². The molecular formula is C24H20O2S. The molecule has 0 saturated heterocycles. The van der Waals surface area contributed by atoms with Gasteiger partial charge in [0.25, 0.3) is 0 Å². The third kappa shape index (κ3) is 3.79. The molecule has 0 aliphatic heterocycles. The van der Waals surface area contributed by atoms with Crippen LogP contribution >= 0.6 is 0 Å². The summed E-state index contributed by atoms with van der Waals surface area (Å²) in [6.45, 7) is 0. The van der Waals surface area contributed by atoms with Crippen LogP contribution in [0.3, 0.4) is 0 Å². The quantitative estimate of drug-likeness (QED) is 0.466. The standard InChI is InChI=1S/C24H20O2S/c25-27(26,24-17-14-21-8-4-5-9-22(21)18-24)23-15-12-20(13-16-23)11-10-19-6-2-1-3-7-19/h1-9,12-18H,10-11H2. The first kappa shape index (κ1) is 17.5. The van der Waals surface area contributed by atoms with Gasteiger partial charge < -0.3 is 0 Å². The summed E-state index contributed by atoms with van der Waals surface area (Å²) < 4.78 is 25.9. The molecule has 0 spiro atoms. The van der Waals surface area contributed by atoms with Crippen molar-refractivity contribution in [1.29, 1.82) is 0 Å². The molecule has 4 aromatic rings. The summed E-state index contributed by atoms with van der Waals surface area (Å²) in [5.41, 5.74) is 2.42.